The lowest BCUT2D eigenvalue weighted by Gasteiger charge is -2.07. The molecule has 0 fully saturated rings. The zero-order valence-electron chi connectivity index (χ0n) is 10.3. The lowest BCUT2D eigenvalue weighted by molar-refractivity contribution is 0.859. The van der Waals surface area contributed by atoms with Crippen LogP contribution in [0.25, 0.3) is 0 Å². The molecule has 0 nitrogen and oxygen atoms in total. The number of rotatable bonds is 0. The molecule has 0 atom stereocenters. The monoisotopic (exact) mass is 276 g/mol. The number of hydrogen-bond acceptors (Lipinski definition) is 0. The predicted molar refractivity (Wildman–Crippen MR) is 75.0 cm³/mol. The average molecular weight is 277 g/mol. The molecule has 0 unspecified atom stereocenters. The van der Waals surface area contributed by atoms with Crippen molar-refractivity contribution >= 4 is 34.9 Å². The molecule has 0 saturated heterocycles. The largest absolute Gasteiger partial charge is 0.493 e. The van der Waals surface area contributed by atoms with Crippen molar-refractivity contribution in [2.75, 3.05) is 0 Å². The van der Waals surface area contributed by atoms with Gasteiger partial charge >= 0.3 is 7.72 Å². The summed E-state index contributed by atoms with van der Waals surface area (Å²) in [7, 11) is -6.70. The Balaban J connectivity index is 4.82. The molecule has 0 saturated carbocycles. The maximum Gasteiger partial charge on any atom is 0.493 e. The van der Waals surface area contributed by atoms with Crippen LogP contribution in [0.4, 0.5) is 4.11 Å². The molecule has 84 valence electrons. The molecule has 0 aliphatic rings. The van der Waals surface area contributed by atoms with E-state index in [-0.39, 0.29) is 0 Å². The second-order valence-corrected chi connectivity index (χ2v) is 18.3. The molecular formula is C10H18ClFSi3. The fourth-order valence-electron chi connectivity index (χ4n) is 0.563. The van der Waals surface area contributed by atoms with Crippen molar-refractivity contribution in [2.45, 2.75) is 39.3 Å². The first-order chi connectivity index (χ1) is 6.41. The first kappa shape index (κ1) is 15.0. The highest BCUT2D eigenvalue weighted by Gasteiger charge is 2.28. The predicted octanol–water partition coefficient (Wildman–Crippen LogP) is 3.48. The molecule has 0 aromatic rings. The lowest BCUT2D eigenvalue weighted by atomic mass is 11.3. The van der Waals surface area contributed by atoms with Crippen molar-refractivity contribution in [3.8, 4) is 22.2 Å². The van der Waals surface area contributed by atoms with Gasteiger partial charge in [-0.15, -0.1) is 11.1 Å². The van der Waals surface area contributed by atoms with Crippen LogP contribution in [-0.2, 0) is 0 Å². The zero-order valence-corrected chi connectivity index (χ0v) is 14.0. The van der Waals surface area contributed by atoms with Gasteiger partial charge in [0.15, 0.2) is 0 Å². The summed E-state index contributed by atoms with van der Waals surface area (Å²) in [6.07, 6.45) is 0. The van der Waals surface area contributed by atoms with E-state index in [0.717, 1.165) is 0 Å². The fraction of sp³-hybridized carbons (Fsp3) is 0.600. The van der Waals surface area contributed by atoms with Crippen LogP contribution in [0, 0.1) is 22.2 Å². The van der Waals surface area contributed by atoms with Gasteiger partial charge in [0.25, 0.3) is 0 Å². The summed E-state index contributed by atoms with van der Waals surface area (Å²) in [5.41, 5.74) is 11.0. The van der Waals surface area contributed by atoms with E-state index in [2.05, 4.69) is 61.5 Å². The van der Waals surface area contributed by atoms with E-state index < -0.39 is 23.9 Å². The van der Waals surface area contributed by atoms with E-state index in [0.29, 0.717) is 0 Å². The highest BCUT2D eigenvalue weighted by molar-refractivity contribution is 7.26. The fourth-order valence-corrected chi connectivity index (χ4v) is 5.73. The summed E-state index contributed by atoms with van der Waals surface area (Å²) in [5, 5.41) is 0. The molecule has 0 amide bonds. The molecule has 0 aromatic carbocycles. The SMILES string of the molecule is C[Si](C)(C)C#C[Si](F)(Cl)C#C[Si](C)(C)C. The van der Waals surface area contributed by atoms with Crippen molar-refractivity contribution in [1.82, 2.24) is 0 Å². The Labute approximate surface area is 101 Å². The van der Waals surface area contributed by atoms with Gasteiger partial charge in [-0.2, -0.15) is 0 Å². The van der Waals surface area contributed by atoms with E-state index in [9.17, 15) is 4.11 Å². The van der Waals surface area contributed by atoms with E-state index in [1.165, 1.54) is 0 Å². The van der Waals surface area contributed by atoms with E-state index in [4.69, 9.17) is 11.1 Å². The third kappa shape index (κ3) is 10.3. The van der Waals surface area contributed by atoms with Gasteiger partial charge in [-0.3, -0.25) is 4.11 Å². The van der Waals surface area contributed by atoms with Crippen LogP contribution in [0.1, 0.15) is 0 Å². The summed E-state index contributed by atoms with van der Waals surface area (Å²) in [6, 6.07) is 0. The minimum atomic E-state index is -3.60. The molecule has 0 bridgehead atoms. The normalized spacial score (nSPS) is 12.3. The maximum atomic E-state index is 13.8. The topological polar surface area (TPSA) is 0 Å². The molecule has 5 heteroatoms. The second kappa shape index (κ2) is 4.88. The molecule has 15 heavy (non-hydrogen) atoms. The maximum absolute atomic E-state index is 13.8. The van der Waals surface area contributed by atoms with Crippen molar-refractivity contribution in [1.29, 1.82) is 0 Å². The Morgan fingerprint density at radius 1 is 0.733 bits per heavy atom. The highest BCUT2D eigenvalue weighted by Crippen LogP contribution is 2.10. The van der Waals surface area contributed by atoms with Crippen LogP contribution in [0.3, 0.4) is 0 Å². The zero-order chi connectivity index (χ0) is 12.3. The van der Waals surface area contributed by atoms with Crippen LogP contribution in [0.5, 0.6) is 0 Å². The Morgan fingerprint density at radius 3 is 1.20 bits per heavy atom. The van der Waals surface area contributed by atoms with E-state index in [1.54, 1.807) is 0 Å². The van der Waals surface area contributed by atoms with Crippen LogP contribution in [0.2, 0.25) is 39.3 Å². The minimum Gasteiger partial charge on any atom is -0.260 e. The standard InChI is InChI=1S/C10H18ClFSi3/c1-13(2,3)7-9-15(11,12)10-8-14(4,5)6/h1-6H3. The van der Waals surface area contributed by atoms with Gasteiger partial charge in [-0.05, 0) is 0 Å². The Hall–Kier alpha value is -0.00935. The van der Waals surface area contributed by atoms with Gasteiger partial charge in [0.2, 0.25) is 0 Å². The van der Waals surface area contributed by atoms with Crippen LogP contribution in [-0.4, -0.2) is 23.9 Å². The summed E-state index contributed by atoms with van der Waals surface area (Å²) < 4.78 is 13.8. The molecule has 0 aliphatic carbocycles. The molecule has 0 radical (unpaired) electrons. The number of hydrogen-bond donors (Lipinski definition) is 0. The molecule has 0 aromatic heterocycles. The van der Waals surface area contributed by atoms with Gasteiger partial charge in [-0.1, -0.05) is 61.4 Å². The summed E-state index contributed by atoms with van der Waals surface area (Å²) in [4.78, 5) is 0. The lowest BCUT2D eigenvalue weighted by Crippen LogP contribution is -2.24. The molecule has 0 rings (SSSR count). The molecule has 0 aliphatic heterocycles. The molecule has 0 spiro atoms. The smallest absolute Gasteiger partial charge is 0.260 e. The second-order valence-electron chi connectivity index (χ2n) is 5.57. The van der Waals surface area contributed by atoms with Crippen LogP contribution in [0.15, 0.2) is 0 Å². The number of halogens is 2. The Bertz CT molecular complexity index is 307. The summed E-state index contributed by atoms with van der Waals surface area (Å²) >= 11 is 5.72. The van der Waals surface area contributed by atoms with Crippen LogP contribution < -0.4 is 0 Å². The van der Waals surface area contributed by atoms with Crippen molar-refractivity contribution < 1.29 is 4.11 Å². The van der Waals surface area contributed by atoms with Gasteiger partial charge in [0.05, 0.1) is 0 Å². The van der Waals surface area contributed by atoms with Crippen LogP contribution >= 0.6 is 11.1 Å². The minimum absolute atomic E-state index is 1.55. The quantitative estimate of drug-likeness (QED) is 0.361. The van der Waals surface area contributed by atoms with Crippen molar-refractivity contribution in [2.24, 2.45) is 0 Å². The third-order valence-corrected chi connectivity index (χ3v) is 4.88. The summed E-state index contributed by atoms with van der Waals surface area (Å²) in [5.74, 6) is 0. The average Bonchev–Trinajstić information content (AvgIpc) is 1.96. The van der Waals surface area contributed by atoms with Gasteiger partial charge in [0.1, 0.15) is 16.1 Å². The van der Waals surface area contributed by atoms with Crippen molar-refractivity contribution in [3.05, 3.63) is 0 Å². The first-order valence-corrected chi connectivity index (χ1v) is 14.8. The van der Waals surface area contributed by atoms with Gasteiger partial charge in [0, 0.05) is 0 Å². The van der Waals surface area contributed by atoms with E-state index in [1.807, 2.05) is 0 Å². The molecule has 0 N–H and O–H groups in total. The molecular weight excluding hydrogens is 259 g/mol. The van der Waals surface area contributed by atoms with Gasteiger partial charge < -0.3 is 0 Å². The van der Waals surface area contributed by atoms with E-state index >= 15 is 0 Å². The summed E-state index contributed by atoms with van der Waals surface area (Å²) in [6.45, 7) is 12.4. The Kier molecular flexibility index (Phi) is 4.88. The molecule has 0 heterocycles. The highest BCUT2D eigenvalue weighted by atomic mass is 35.6. The third-order valence-electron chi connectivity index (χ3n) is 1.19. The van der Waals surface area contributed by atoms with Crippen molar-refractivity contribution in [3.63, 3.8) is 0 Å². The first-order valence-electron chi connectivity index (χ1n) is 4.88. The Morgan fingerprint density at radius 2 is 1.00 bits per heavy atom. The van der Waals surface area contributed by atoms with Gasteiger partial charge in [-0.25, -0.2) is 0 Å².